The maximum absolute atomic E-state index is 12.0. The minimum atomic E-state index is -1.38. The second-order valence-electron chi connectivity index (χ2n) is 8.35. The lowest BCUT2D eigenvalue weighted by molar-refractivity contribution is -0.255. The molecule has 7 atom stereocenters. The van der Waals surface area contributed by atoms with Gasteiger partial charge < -0.3 is 33.9 Å². The number of aliphatic hydroxyl groups is 1. The van der Waals surface area contributed by atoms with Gasteiger partial charge in [-0.2, -0.15) is 0 Å². The first-order chi connectivity index (χ1) is 13.1. The summed E-state index contributed by atoms with van der Waals surface area (Å²) < 4.78 is 29.8. The van der Waals surface area contributed by atoms with Crippen LogP contribution < -0.4 is 0 Å². The number of ether oxygens (including phenoxy) is 5. The second-order valence-corrected chi connectivity index (χ2v) is 8.35. The Bertz CT molecular complexity index is 733. The number of carbonyl (C=O) groups is 1. The molecular formula is C20H26O8. The highest BCUT2D eigenvalue weighted by Crippen LogP contribution is 2.45. The first-order valence-corrected chi connectivity index (χ1v) is 9.40. The molecule has 3 aliphatic heterocycles. The lowest BCUT2D eigenvalue weighted by atomic mass is 9.85. The first kappa shape index (κ1) is 19.8. The molecule has 0 spiro atoms. The van der Waals surface area contributed by atoms with Crippen LogP contribution in [0.2, 0.25) is 0 Å². The van der Waals surface area contributed by atoms with Crippen LogP contribution in [0.4, 0.5) is 0 Å². The highest BCUT2D eigenvalue weighted by atomic mass is 16.9. The molecule has 1 aromatic rings. The van der Waals surface area contributed by atoms with Crippen LogP contribution in [0.1, 0.15) is 39.2 Å². The van der Waals surface area contributed by atoms with Crippen LogP contribution in [0, 0.1) is 0 Å². The molecule has 0 unspecified atom stereocenters. The summed E-state index contributed by atoms with van der Waals surface area (Å²) in [5.41, 5.74) is 0.479. The highest BCUT2D eigenvalue weighted by molar-refractivity contribution is 5.77. The zero-order chi connectivity index (χ0) is 20.3. The van der Waals surface area contributed by atoms with Crippen LogP contribution >= 0.6 is 0 Å². The normalized spacial score (nSPS) is 37.7. The molecule has 3 aliphatic rings. The molecule has 3 heterocycles. The fourth-order valence-corrected chi connectivity index (χ4v) is 4.25. The van der Waals surface area contributed by atoms with Gasteiger partial charge in [-0.05, 0) is 33.3 Å². The maximum Gasteiger partial charge on any atom is 0.313 e. The Balaban J connectivity index is 1.67. The van der Waals surface area contributed by atoms with Crippen molar-refractivity contribution in [2.45, 2.75) is 82.0 Å². The van der Waals surface area contributed by atoms with Crippen molar-refractivity contribution in [3.63, 3.8) is 0 Å². The summed E-state index contributed by atoms with van der Waals surface area (Å²) in [6, 6.07) is 8.58. The van der Waals surface area contributed by atoms with Crippen molar-refractivity contribution in [3.05, 3.63) is 35.9 Å². The van der Waals surface area contributed by atoms with E-state index in [4.69, 9.17) is 23.7 Å². The topological polar surface area (TPSA) is 104 Å². The first-order valence-electron chi connectivity index (χ1n) is 9.40. The van der Waals surface area contributed by atoms with Gasteiger partial charge in [-0.1, -0.05) is 30.3 Å². The van der Waals surface area contributed by atoms with Crippen molar-refractivity contribution in [1.29, 1.82) is 0 Å². The van der Waals surface area contributed by atoms with E-state index in [0.29, 0.717) is 5.56 Å². The molecule has 28 heavy (non-hydrogen) atoms. The number of hydrogen-bond acceptors (Lipinski definition) is 7. The Morgan fingerprint density at radius 3 is 2.14 bits per heavy atom. The lowest BCUT2D eigenvalue weighted by Gasteiger charge is -2.40. The number of carboxylic acid groups (broad SMARTS) is 1. The summed E-state index contributed by atoms with van der Waals surface area (Å²) in [5.74, 6) is -4.15. The summed E-state index contributed by atoms with van der Waals surface area (Å²) in [7, 11) is 0. The van der Waals surface area contributed by atoms with E-state index in [-0.39, 0.29) is 0 Å². The predicted octanol–water partition coefficient (Wildman–Crippen LogP) is 1.61. The molecule has 0 amide bonds. The lowest BCUT2D eigenvalue weighted by Crippen LogP contribution is -2.59. The molecule has 3 saturated heterocycles. The Kier molecular flexibility index (Phi) is 4.77. The van der Waals surface area contributed by atoms with Gasteiger partial charge in [-0.25, -0.2) is 0 Å². The minimum Gasteiger partial charge on any atom is -0.481 e. The third kappa shape index (κ3) is 3.45. The largest absolute Gasteiger partial charge is 0.481 e. The summed E-state index contributed by atoms with van der Waals surface area (Å²) in [6.45, 7) is 7.05. The molecule has 4 rings (SSSR count). The van der Waals surface area contributed by atoms with E-state index < -0.39 is 60.3 Å². The Morgan fingerprint density at radius 2 is 1.50 bits per heavy atom. The molecule has 0 bridgehead atoms. The molecule has 3 fully saturated rings. The van der Waals surface area contributed by atoms with E-state index in [1.165, 1.54) is 0 Å². The van der Waals surface area contributed by atoms with Crippen LogP contribution in [0.15, 0.2) is 30.3 Å². The van der Waals surface area contributed by atoms with Gasteiger partial charge in [0.2, 0.25) is 0 Å². The average molecular weight is 394 g/mol. The minimum absolute atomic E-state index is 0.479. The molecule has 0 radical (unpaired) electrons. The van der Waals surface area contributed by atoms with Crippen molar-refractivity contribution < 1.29 is 38.7 Å². The van der Waals surface area contributed by atoms with Crippen LogP contribution in [-0.4, -0.2) is 64.6 Å². The van der Waals surface area contributed by atoms with E-state index in [1.54, 1.807) is 58.0 Å². The van der Waals surface area contributed by atoms with Gasteiger partial charge in [0.1, 0.15) is 36.4 Å². The fourth-order valence-electron chi connectivity index (χ4n) is 4.25. The zero-order valence-electron chi connectivity index (χ0n) is 16.3. The van der Waals surface area contributed by atoms with Crippen molar-refractivity contribution >= 4 is 5.97 Å². The standard InChI is InChI=1S/C20H26O8/c1-19(2)25-14-13(12(21)11(17(22)23)10-8-6-5-7-9-10)24-18-16(15(14)26-19)27-20(3,4)28-18/h5-9,11-16,18,21H,1-4H3,(H,22,23)/t11-,12+,13+,14-,15-,16+,18+/m0/s1. The third-order valence-electron chi connectivity index (χ3n) is 5.29. The molecule has 0 aliphatic carbocycles. The second kappa shape index (κ2) is 6.76. The van der Waals surface area contributed by atoms with E-state index in [9.17, 15) is 15.0 Å². The number of benzene rings is 1. The molecule has 0 aromatic heterocycles. The van der Waals surface area contributed by atoms with Crippen LogP contribution in [0.3, 0.4) is 0 Å². The van der Waals surface area contributed by atoms with E-state index in [2.05, 4.69) is 0 Å². The van der Waals surface area contributed by atoms with Gasteiger partial charge in [-0.3, -0.25) is 4.79 Å². The molecule has 2 N–H and O–H groups in total. The maximum atomic E-state index is 12.0. The van der Waals surface area contributed by atoms with Gasteiger partial charge in [0.05, 0.1) is 0 Å². The molecule has 1 aromatic carbocycles. The predicted molar refractivity (Wildman–Crippen MR) is 95.3 cm³/mol. The number of hydrogen-bond donors (Lipinski definition) is 2. The van der Waals surface area contributed by atoms with E-state index >= 15 is 0 Å². The third-order valence-corrected chi connectivity index (χ3v) is 5.29. The van der Waals surface area contributed by atoms with Crippen molar-refractivity contribution in [2.75, 3.05) is 0 Å². The molecule has 0 saturated carbocycles. The molecule has 154 valence electrons. The fraction of sp³-hybridized carbons (Fsp3) is 0.650. The Labute approximate surface area is 163 Å². The highest BCUT2D eigenvalue weighted by Gasteiger charge is 2.62. The van der Waals surface area contributed by atoms with Crippen molar-refractivity contribution in [3.8, 4) is 0 Å². The molecular weight excluding hydrogens is 368 g/mol. The number of rotatable bonds is 4. The quantitative estimate of drug-likeness (QED) is 0.794. The van der Waals surface area contributed by atoms with Crippen LogP contribution in [0.5, 0.6) is 0 Å². The smallest absolute Gasteiger partial charge is 0.313 e. The monoisotopic (exact) mass is 394 g/mol. The van der Waals surface area contributed by atoms with Gasteiger partial charge >= 0.3 is 5.97 Å². The van der Waals surface area contributed by atoms with E-state index in [1.807, 2.05) is 0 Å². The summed E-state index contributed by atoms with van der Waals surface area (Å²) in [4.78, 5) is 12.0. The summed E-state index contributed by atoms with van der Waals surface area (Å²) in [6.07, 6.45) is -4.93. The van der Waals surface area contributed by atoms with Crippen molar-refractivity contribution in [1.82, 2.24) is 0 Å². The Morgan fingerprint density at radius 1 is 0.929 bits per heavy atom. The average Bonchev–Trinajstić information content (AvgIpc) is 3.08. The van der Waals surface area contributed by atoms with Gasteiger partial charge in [-0.15, -0.1) is 0 Å². The van der Waals surface area contributed by atoms with Crippen LogP contribution in [-0.2, 0) is 28.5 Å². The molecule has 8 nitrogen and oxygen atoms in total. The number of aliphatic carboxylic acids is 1. The van der Waals surface area contributed by atoms with Crippen molar-refractivity contribution in [2.24, 2.45) is 0 Å². The SMILES string of the molecule is CC1(C)O[C@@H]2[C@H](O1)[C@H]1OC(C)(C)O[C@H]1O[C@@H]2[C@H](O)[C@@H](C(=O)O)c1ccccc1. The van der Waals surface area contributed by atoms with Gasteiger partial charge in [0.15, 0.2) is 17.9 Å². The number of carboxylic acids is 1. The van der Waals surface area contributed by atoms with Crippen LogP contribution in [0.25, 0.3) is 0 Å². The number of aliphatic hydroxyl groups excluding tert-OH is 1. The number of fused-ring (bicyclic) bond motifs is 3. The summed E-state index contributed by atoms with van der Waals surface area (Å²) in [5, 5.41) is 20.9. The Hall–Kier alpha value is -1.55. The summed E-state index contributed by atoms with van der Waals surface area (Å²) >= 11 is 0. The van der Waals surface area contributed by atoms with E-state index in [0.717, 1.165) is 0 Å². The van der Waals surface area contributed by atoms with Gasteiger partial charge in [0, 0.05) is 0 Å². The zero-order valence-corrected chi connectivity index (χ0v) is 16.3. The van der Waals surface area contributed by atoms with Gasteiger partial charge in [0.25, 0.3) is 0 Å². The molecule has 8 heteroatoms.